The largest absolute Gasteiger partial charge is 0.478 e. The molecule has 0 radical (unpaired) electrons. The van der Waals surface area contributed by atoms with Gasteiger partial charge in [-0.1, -0.05) is 45.9 Å². The van der Waals surface area contributed by atoms with Crippen LogP contribution in [-0.2, 0) is 4.74 Å². The van der Waals surface area contributed by atoms with E-state index < -0.39 is 5.97 Å². The summed E-state index contributed by atoms with van der Waals surface area (Å²) in [6.07, 6.45) is 6.40. The molecule has 0 bridgehead atoms. The average Bonchev–Trinajstić information content (AvgIpc) is 3.22. The van der Waals surface area contributed by atoms with Crippen molar-refractivity contribution in [2.24, 2.45) is 5.92 Å². The number of nitrogens with two attached hydrogens (primary N) is 1. The summed E-state index contributed by atoms with van der Waals surface area (Å²) < 4.78 is 22.2. The maximum absolute atomic E-state index is 14.4. The van der Waals surface area contributed by atoms with Crippen LogP contribution < -0.4 is 5.73 Å². The van der Waals surface area contributed by atoms with Gasteiger partial charge in [0.05, 0.1) is 16.9 Å². The molecule has 7 heteroatoms. The number of hydrogen-bond acceptors (Lipinski definition) is 4. The molecular weight excluding hydrogens is 481 g/mol. The third-order valence-electron chi connectivity index (χ3n) is 6.50. The SMILES string of the molecule is C/C(F)=C\C(=C/C(C)C)n1c(C2CCOCC2)c(-c2ccc(C(=O)O)cc2)c2cc(N)c(C=N)cc21.CC. The van der Waals surface area contributed by atoms with E-state index in [9.17, 15) is 14.3 Å². The van der Waals surface area contributed by atoms with E-state index in [1.165, 1.54) is 13.1 Å². The van der Waals surface area contributed by atoms with Gasteiger partial charge in [-0.15, -0.1) is 0 Å². The maximum atomic E-state index is 14.4. The van der Waals surface area contributed by atoms with E-state index >= 15 is 0 Å². The second-order valence-electron chi connectivity index (χ2n) is 9.57. The number of halogens is 1. The Bertz CT molecular complexity index is 1360. The normalized spacial score (nSPS) is 14.9. The molecule has 3 aromatic rings. The first-order chi connectivity index (χ1) is 18.2. The first-order valence-corrected chi connectivity index (χ1v) is 13.2. The fourth-order valence-electron chi connectivity index (χ4n) is 4.96. The van der Waals surface area contributed by atoms with Crippen LogP contribution in [0, 0.1) is 11.3 Å². The highest BCUT2D eigenvalue weighted by atomic mass is 19.1. The number of carboxylic acids is 1. The van der Waals surface area contributed by atoms with Crippen molar-refractivity contribution in [3.63, 3.8) is 0 Å². The van der Waals surface area contributed by atoms with E-state index in [2.05, 4.69) is 4.57 Å². The molecule has 2 heterocycles. The molecule has 4 N–H and O–H groups in total. The number of benzene rings is 2. The number of aromatic nitrogens is 1. The first kappa shape index (κ1) is 28.9. The lowest BCUT2D eigenvalue weighted by Gasteiger charge is -2.26. The molecule has 0 spiro atoms. The van der Waals surface area contributed by atoms with Crippen molar-refractivity contribution in [3.8, 4) is 11.1 Å². The van der Waals surface area contributed by atoms with Crippen molar-refractivity contribution in [3.05, 3.63) is 71.2 Å². The summed E-state index contributed by atoms with van der Waals surface area (Å²) in [5, 5.41) is 18.2. The predicted molar refractivity (Wildman–Crippen MR) is 155 cm³/mol. The molecule has 4 rings (SSSR count). The number of allylic oxidation sites excluding steroid dienone is 4. The second kappa shape index (κ2) is 12.7. The van der Waals surface area contributed by atoms with Crippen LogP contribution in [0.25, 0.3) is 27.7 Å². The van der Waals surface area contributed by atoms with E-state index in [0.717, 1.165) is 40.6 Å². The smallest absolute Gasteiger partial charge is 0.335 e. The molecule has 0 atom stereocenters. The minimum absolute atomic E-state index is 0.133. The molecule has 1 fully saturated rings. The van der Waals surface area contributed by atoms with Gasteiger partial charge in [0.1, 0.15) is 0 Å². The lowest BCUT2D eigenvalue weighted by atomic mass is 9.89. The monoisotopic (exact) mass is 519 g/mol. The summed E-state index contributed by atoms with van der Waals surface area (Å²) >= 11 is 0. The number of ether oxygens (including phenoxy) is 1. The number of anilines is 1. The highest BCUT2D eigenvalue weighted by Crippen LogP contribution is 2.45. The van der Waals surface area contributed by atoms with Crippen LogP contribution in [-0.4, -0.2) is 35.1 Å². The number of rotatable bonds is 7. The van der Waals surface area contributed by atoms with Crippen molar-refractivity contribution in [2.75, 3.05) is 18.9 Å². The first-order valence-electron chi connectivity index (χ1n) is 13.2. The Labute approximate surface area is 224 Å². The van der Waals surface area contributed by atoms with Crippen LogP contribution in [0.3, 0.4) is 0 Å². The van der Waals surface area contributed by atoms with E-state index in [1.54, 1.807) is 18.2 Å². The minimum atomic E-state index is -0.987. The average molecular weight is 520 g/mol. The molecule has 0 amide bonds. The number of hydrogen-bond donors (Lipinski definition) is 3. The van der Waals surface area contributed by atoms with Gasteiger partial charge in [0.2, 0.25) is 0 Å². The number of nitrogen functional groups attached to an aromatic ring is 1. The van der Waals surface area contributed by atoms with E-state index in [1.807, 2.05) is 58.0 Å². The van der Waals surface area contributed by atoms with Crippen LogP contribution in [0.15, 0.2) is 54.4 Å². The fourth-order valence-corrected chi connectivity index (χ4v) is 4.96. The van der Waals surface area contributed by atoms with Gasteiger partial charge in [-0.3, -0.25) is 0 Å². The summed E-state index contributed by atoms with van der Waals surface area (Å²) in [6.45, 7) is 10.8. The number of nitrogens with one attached hydrogen (secondary N) is 1. The molecule has 38 heavy (non-hydrogen) atoms. The highest BCUT2D eigenvalue weighted by Gasteiger charge is 2.29. The molecule has 6 nitrogen and oxygen atoms in total. The van der Waals surface area contributed by atoms with Gasteiger partial charge in [-0.05, 0) is 61.6 Å². The van der Waals surface area contributed by atoms with E-state index in [-0.39, 0.29) is 23.2 Å². The molecule has 2 aromatic carbocycles. The van der Waals surface area contributed by atoms with Crippen LogP contribution >= 0.6 is 0 Å². The van der Waals surface area contributed by atoms with Gasteiger partial charge in [0.25, 0.3) is 0 Å². The fraction of sp³-hybridized carbons (Fsp3) is 0.355. The van der Waals surface area contributed by atoms with Gasteiger partial charge >= 0.3 is 5.97 Å². The Morgan fingerprint density at radius 1 is 1.18 bits per heavy atom. The zero-order valence-electron chi connectivity index (χ0n) is 22.8. The number of carbonyl (C=O) groups is 1. The quantitative estimate of drug-likeness (QED) is 0.168. The lowest BCUT2D eigenvalue weighted by Crippen LogP contribution is -2.18. The summed E-state index contributed by atoms with van der Waals surface area (Å²) in [5.41, 5.74) is 12.0. The predicted octanol–water partition coefficient (Wildman–Crippen LogP) is 7.88. The maximum Gasteiger partial charge on any atom is 0.335 e. The van der Waals surface area contributed by atoms with Gasteiger partial charge in [0.15, 0.2) is 0 Å². The molecule has 0 aliphatic carbocycles. The summed E-state index contributed by atoms with van der Waals surface area (Å²) in [4.78, 5) is 11.5. The van der Waals surface area contributed by atoms with Crippen molar-refractivity contribution < 1.29 is 19.0 Å². The molecule has 1 aliphatic rings. The third-order valence-corrected chi connectivity index (χ3v) is 6.50. The second-order valence-corrected chi connectivity index (χ2v) is 9.57. The van der Waals surface area contributed by atoms with Gasteiger partial charge in [0, 0.05) is 58.9 Å². The van der Waals surface area contributed by atoms with E-state index in [0.29, 0.717) is 30.2 Å². The van der Waals surface area contributed by atoms with Gasteiger partial charge in [-0.2, -0.15) is 0 Å². The summed E-state index contributed by atoms with van der Waals surface area (Å²) in [6, 6.07) is 10.6. The Kier molecular flexibility index (Phi) is 9.64. The number of carboxylic acid groups (broad SMARTS) is 1. The lowest BCUT2D eigenvalue weighted by molar-refractivity contribution is 0.0697. The molecule has 202 valence electrons. The van der Waals surface area contributed by atoms with Crippen LogP contribution in [0.1, 0.15) is 75.0 Å². The Hall–Kier alpha value is -3.71. The molecule has 1 aromatic heterocycles. The molecule has 1 saturated heterocycles. The van der Waals surface area contributed by atoms with E-state index in [4.69, 9.17) is 15.9 Å². The van der Waals surface area contributed by atoms with Crippen LogP contribution in [0.2, 0.25) is 0 Å². The zero-order chi connectivity index (χ0) is 28.0. The van der Waals surface area contributed by atoms with Crippen molar-refractivity contribution in [1.29, 1.82) is 5.41 Å². The van der Waals surface area contributed by atoms with Gasteiger partial charge in [-0.25, -0.2) is 9.18 Å². The number of aromatic carboxylic acids is 1. The zero-order valence-corrected chi connectivity index (χ0v) is 22.8. The third kappa shape index (κ3) is 6.05. The molecular formula is C31H38FN3O3. The Morgan fingerprint density at radius 2 is 1.82 bits per heavy atom. The highest BCUT2D eigenvalue weighted by molar-refractivity contribution is 6.05. The number of nitrogens with zero attached hydrogens (tertiary/aromatic N) is 1. The van der Waals surface area contributed by atoms with Crippen molar-refractivity contribution >= 4 is 34.5 Å². The van der Waals surface area contributed by atoms with Crippen LogP contribution in [0.5, 0.6) is 0 Å². The summed E-state index contributed by atoms with van der Waals surface area (Å²) in [7, 11) is 0. The minimum Gasteiger partial charge on any atom is -0.478 e. The van der Waals surface area contributed by atoms with Gasteiger partial charge < -0.3 is 25.6 Å². The Balaban J connectivity index is 0.00000195. The van der Waals surface area contributed by atoms with Crippen molar-refractivity contribution in [2.45, 2.75) is 53.4 Å². The Morgan fingerprint density at radius 3 is 2.34 bits per heavy atom. The molecule has 0 unspecified atom stereocenters. The van der Waals surface area contributed by atoms with Crippen LogP contribution in [0.4, 0.5) is 10.1 Å². The summed E-state index contributed by atoms with van der Waals surface area (Å²) in [5.74, 6) is -1.00. The van der Waals surface area contributed by atoms with Crippen molar-refractivity contribution in [1.82, 2.24) is 4.57 Å². The number of fused-ring (bicyclic) bond motifs is 1. The molecule has 0 saturated carbocycles. The molecule has 1 aliphatic heterocycles. The topological polar surface area (TPSA) is 101 Å². The standard InChI is InChI=1S/C29H32FN3O3.C2H6/c1-17(2)12-23(13-18(3)30)33-26-14-22(16-31)25(32)15-24(26)27(28(33)20-8-10-36-11-9-20)19-4-6-21(7-5-19)29(34)35;1-2/h4-7,12-17,20,31H,8-11,32H2,1-3H3,(H,34,35);1-2H3/b18-13+,23-12+,31-16?;.